The maximum absolute atomic E-state index is 11.8. The number of ether oxygens (including phenoxy) is 2. The maximum atomic E-state index is 11.8. The summed E-state index contributed by atoms with van der Waals surface area (Å²) in [6.07, 6.45) is 2.14. The van der Waals surface area contributed by atoms with Crippen LogP contribution in [-0.2, 0) is 17.9 Å². The third-order valence-electron chi connectivity index (χ3n) is 4.89. The van der Waals surface area contributed by atoms with E-state index in [1.54, 1.807) is 7.05 Å². The Bertz CT molecular complexity index is 879. The second-order valence-corrected chi connectivity index (χ2v) is 7.61. The van der Waals surface area contributed by atoms with E-state index in [0.29, 0.717) is 24.9 Å². The van der Waals surface area contributed by atoms with Crippen LogP contribution >= 0.6 is 0 Å². The molecule has 31 heavy (non-hydrogen) atoms. The summed E-state index contributed by atoms with van der Waals surface area (Å²) in [4.78, 5) is 18.3. The second kappa shape index (κ2) is 11.2. The molecule has 0 saturated heterocycles. The molecule has 2 aromatic carbocycles. The van der Waals surface area contributed by atoms with Crippen LogP contribution < -0.4 is 20.1 Å². The van der Waals surface area contributed by atoms with E-state index < -0.39 is 0 Å². The Hall–Kier alpha value is -3.22. The van der Waals surface area contributed by atoms with Crippen LogP contribution in [0.4, 0.5) is 0 Å². The molecule has 1 aliphatic carbocycles. The first-order chi connectivity index (χ1) is 15.1. The van der Waals surface area contributed by atoms with Crippen LogP contribution in [0.25, 0.3) is 0 Å². The molecule has 0 spiro atoms. The fourth-order valence-corrected chi connectivity index (χ4v) is 3.16. The first-order valence-electron chi connectivity index (χ1n) is 10.7. The van der Waals surface area contributed by atoms with E-state index in [1.807, 2.05) is 50.4 Å². The molecule has 0 aromatic heterocycles. The van der Waals surface area contributed by atoms with Crippen LogP contribution in [-0.4, -0.2) is 50.1 Å². The van der Waals surface area contributed by atoms with Gasteiger partial charge in [-0.15, -0.1) is 0 Å². The number of amides is 1. The number of nitrogens with one attached hydrogen (secondary N) is 2. The molecule has 1 amide bonds. The summed E-state index contributed by atoms with van der Waals surface area (Å²) in [6.45, 7) is 4.01. The highest BCUT2D eigenvalue weighted by Crippen LogP contribution is 2.19. The number of carbonyl (C=O) groups is 1. The molecule has 2 aromatic rings. The Balaban J connectivity index is 1.48. The van der Waals surface area contributed by atoms with Gasteiger partial charge in [0.15, 0.2) is 12.6 Å². The summed E-state index contributed by atoms with van der Waals surface area (Å²) < 4.78 is 11.1. The maximum Gasteiger partial charge on any atom is 0.258 e. The predicted octanol–water partition coefficient (Wildman–Crippen LogP) is 2.95. The van der Waals surface area contributed by atoms with Gasteiger partial charge in [0.25, 0.3) is 5.91 Å². The lowest BCUT2D eigenvalue weighted by Crippen LogP contribution is -2.38. The quantitative estimate of drug-likeness (QED) is 0.453. The van der Waals surface area contributed by atoms with Crippen LogP contribution in [0.5, 0.6) is 11.5 Å². The third kappa shape index (κ3) is 7.51. The molecule has 1 saturated carbocycles. The zero-order valence-electron chi connectivity index (χ0n) is 18.6. The minimum Gasteiger partial charge on any atom is -0.494 e. The van der Waals surface area contributed by atoms with Crippen LogP contribution in [0.3, 0.4) is 0 Å². The van der Waals surface area contributed by atoms with Gasteiger partial charge < -0.3 is 25.0 Å². The Morgan fingerprint density at radius 3 is 2.55 bits per heavy atom. The molecule has 0 unspecified atom stereocenters. The van der Waals surface area contributed by atoms with Gasteiger partial charge in [-0.25, -0.2) is 0 Å². The largest absolute Gasteiger partial charge is 0.494 e. The number of guanidine groups is 1. The van der Waals surface area contributed by atoms with Crippen molar-refractivity contribution < 1.29 is 14.3 Å². The lowest BCUT2D eigenvalue weighted by molar-refractivity contribution is -0.123. The fourth-order valence-electron chi connectivity index (χ4n) is 3.16. The van der Waals surface area contributed by atoms with E-state index in [2.05, 4.69) is 32.7 Å². The van der Waals surface area contributed by atoms with Crippen LogP contribution in [0.2, 0.25) is 0 Å². The molecule has 0 atom stereocenters. The molecular weight excluding hydrogens is 392 g/mol. The van der Waals surface area contributed by atoms with E-state index in [1.165, 1.54) is 5.56 Å². The van der Waals surface area contributed by atoms with Crippen molar-refractivity contribution in [3.05, 3.63) is 59.7 Å². The standard InChI is InChI=1S/C24H32N4O3/c1-4-30-21-12-8-18(9-13-21)16-28(3)24(25-2)26-15-19-6-5-7-22(14-19)31-17-23(29)27-20-10-11-20/h5-9,12-14,20H,4,10-11,15-17H2,1-3H3,(H,25,26)(H,27,29). The molecule has 7 nitrogen and oxygen atoms in total. The summed E-state index contributed by atoms with van der Waals surface area (Å²) in [7, 11) is 3.78. The highest BCUT2D eigenvalue weighted by atomic mass is 16.5. The van der Waals surface area contributed by atoms with Crippen LogP contribution in [0, 0.1) is 0 Å². The first kappa shape index (κ1) is 22.5. The minimum absolute atomic E-state index is 0.0415. The topological polar surface area (TPSA) is 75.2 Å². The van der Waals surface area contributed by atoms with E-state index in [9.17, 15) is 4.79 Å². The van der Waals surface area contributed by atoms with Crippen molar-refractivity contribution in [1.82, 2.24) is 15.5 Å². The van der Waals surface area contributed by atoms with Gasteiger partial charge in [0.1, 0.15) is 11.5 Å². The Morgan fingerprint density at radius 1 is 1.10 bits per heavy atom. The lowest BCUT2D eigenvalue weighted by Gasteiger charge is -2.22. The first-order valence-corrected chi connectivity index (χ1v) is 10.7. The van der Waals surface area contributed by atoms with Crippen molar-refractivity contribution >= 4 is 11.9 Å². The van der Waals surface area contributed by atoms with Crippen LogP contribution in [0.15, 0.2) is 53.5 Å². The summed E-state index contributed by atoms with van der Waals surface area (Å²) in [5, 5.41) is 6.30. The molecule has 2 N–H and O–H groups in total. The van der Waals surface area contributed by atoms with E-state index in [4.69, 9.17) is 9.47 Å². The van der Waals surface area contributed by atoms with Gasteiger partial charge >= 0.3 is 0 Å². The fraction of sp³-hybridized carbons (Fsp3) is 0.417. The zero-order valence-corrected chi connectivity index (χ0v) is 18.6. The zero-order chi connectivity index (χ0) is 22.1. The van der Waals surface area contributed by atoms with E-state index in [-0.39, 0.29) is 12.5 Å². The number of hydrogen-bond donors (Lipinski definition) is 2. The van der Waals surface area contributed by atoms with E-state index >= 15 is 0 Å². The number of aliphatic imine (C=N–C) groups is 1. The molecule has 0 aliphatic heterocycles. The van der Waals surface area contributed by atoms with Crippen molar-refractivity contribution in [3.8, 4) is 11.5 Å². The van der Waals surface area contributed by atoms with Crippen LogP contribution in [0.1, 0.15) is 30.9 Å². The number of rotatable bonds is 10. The Kier molecular flexibility index (Phi) is 8.15. The Labute approximate surface area is 184 Å². The normalized spacial score (nSPS) is 13.5. The SMILES string of the molecule is CCOc1ccc(CN(C)C(=NC)NCc2cccc(OCC(=O)NC3CC3)c2)cc1. The van der Waals surface area contributed by atoms with Gasteiger partial charge in [0.05, 0.1) is 6.61 Å². The smallest absolute Gasteiger partial charge is 0.258 e. The number of nitrogens with zero attached hydrogens (tertiary/aromatic N) is 2. The van der Waals surface area contributed by atoms with Crippen molar-refractivity contribution in [1.29, 1.82) is 0 Å². The van der Waals surface area contributed by atoms with Gasteiger partial charge in [-0.3, -0.25) is 9.79 Å². The van der Waals surface area contributed by atoms with Crippen molar-refractivity contribution in [3.63, 3.8) is 0 Å². The monoisotopic (exact) mass is 424 g/mol. The molecular formula is C24H32N4O3. The average molecular weight is 425 g/mol. The predicted molar refractivity (Wildman–Crippen MR) is 122 cm³/mol. The summed E-state index contributed by atoms with van der Waals surface area (Å²) >= 11 is 0. The van der Waals surface area contributed by atoms with Crippen molar-refractivity contribution in [2.75, 3.05) is 27.3 Å². The third-order valence-corrected chi connectivity index (χ3v) is 4.89. The molecule has 3 rings (SSSR count). The summed E-state index contributed by atoms with van der Waals surface area (Å²) in [5.41, 5.74) is 2.23. The van der Waals surface area contributed by atoms with Gasteiger partial charge in [-0.2, -0.15) is 0 Å². The van der Waals surface area contributed by atoms with Gasteiger partial charge in [-0.05, 0) is 55.2 Å². The molecule has 0 bridgehead atoms. The molecule has 1 aliphatic rings. The molecule has 7 heteroatoms. The summed E-state index contributed by atoms with van der Waals surface area (Å²) in [6, 6.07) is 16.2. The Morgan fingerprint density at radius 2 is 1.87 bits per heavy atom. The van der Waals surface area contributed by atoms with Gasteiger partial charge in [-0.1, -0.05) is 24.3 Å². The number of carbonyl (C=O) groups excluding carboxylic acids is 1. The number of benzene rings is 2. The number of hydrogen-bond acceptors (Lipinski definition) is 4. The van der Waals surface area contributed by atoms with Gasteiger partial charge in [0, 0.05) is 33.2 Å². The highest BCUT2D eigenvalue weighted by molar-refractivity contribution is 5.79. The van der Waals surface area contributed by atoms with Crippen molar-refractivity contribution in [2.45, 2.75) is 38.9 Å². The van der Waals surface area contributed by atoms with Crippen molar-refractivity contribution in [2.24, 2.45) is 4.99 Å². The molecule has 166 valence electrons. The lowest BCUT2D eigenvalue weighted by atomic mass is 10.2. The summed E-state index contributed by atoms with van der Waals surface area (Å²) in [5.74, 6) is 2.29. The second-order valence-electron chi connectivity index (χ2n) is 7.61. The highest BCUT2D eigenvalue weighted by Gasteiger charge is 2.23. The molecule has 0 heterocycles. The molecule has 0 radical (unpaired) electrons. The van der Waals surface area contributed by atoms with Gasteiger partial charge in [0.2, 0.25) is 0 Å². The minimum atomic E-state index is -0.0673. The van der Waals surface area contributed by atoms with E-state index in [0.717, 1.165) is 36.7 Å². The molecule has 1 fully saturated rings. The average Bonchev–Trinajstić information content (AvgIpc) is 3.58.